The molecule has 2 rings (SSSR count). The van der Waals surface area contributed by atoms with Crippen LogP contribution in [-0.2, 0) is 14.0 Å². The third-order valence-corrected chi connectivity index (χ3v) is 3.66. The summed E-state index contributed by atoms with van der Waals surface area (Å²) in [5.41, 5.74) is 5.59. The maximum absolute atomic E-state index is 11.8. The van der Waals surface area contributed by atoms with E-state index in [-0.39, 0.29) is 24.7 Å². The molecule has 0 aliphatic heterocycles. The summed E-state index contributed by atoms with van der Waals surface area (Å²) in [6.07, 6.45) is -0.253. The van der Waals surface area contributed by atoms with Crippen LogP contribution >= 0.6 is 9.47 Å². The molecule has 0 aliphatic rings. The molecule has 4 N–H and O–H groups in total. The van der Waals surface area contributed by atoms with Crippen LogP contribution in [0, 0.1) is 0 Å². The van der Waals surface area contributed by atoms with Crippen molar-refractivity contribution in [3.8, 4) is 0 Å². The molecule has 2 aromatic rings. The van der Waals surface area contributed by atoms with Gasteiger partial charge in [0.05, 0.1) is 19.5 Å². The minimum Gasteiger partial charge on any atom is -0.394 e. The molecular weight excluding hydrogens is 325 g/mol. The Hall–Kier alpha value is -1.58. The molecule has 0 aliphatic carbocycles. The van der Waals surface area contributed by atoms with Crippen LogP contribution in [0.2, 0.25) is 0 Å². The number of H-pyrrole nitrogens is 1. The van der Waals surface area contributed by atoms with Crippen LogP contribution in [0.5, 0.6) is 0 Å². The summed E-state index contributed by atoms with van der Waals surface area (Å²) in [5.74, 6) is -0.0132. The second-order valence-corrected chi connectivity index (χ2v) is 5.13. The molecule has 0 spiro atoms. The normalized spacial score (nSPS) is 15.7. The lowest BCUT2D eigenvalue weighted by molar-refractivity contribution is -0.117. The van der Waals surface area contributed by atoms with Gasteiger partial charge in [-0.2, -0.15) is 4.98 Å². The zero-order chi connectivity index (χ0) is 17.0. The number of rotatable bonds is 8. The van der Waals surface area contributed by atoms with Gasteiger partial charge in [-0.3, -0.25) is 14.3 Å². The molecule has 4 unspecified atom stereocenters. The lowest BCUT2D eigenvalue weighted by Crippen LogP contribution is -2.37. The Kier molecular flexibility index (Phi) is 6.03. The van der Waals surface area contributed by atoms with Gasteiger partial charge >= 0.3 is 0 Å². The lowest BCUT2D eigenvalue weighted by Gasteiger charge is -2.27. The van der Waals surface area contributed by atoms with Crippen LogP contribution in [-0.4, -0.2) is 57.2 Å². The zero-order valence-electron chi connectivity index (χ0n) is 12.8. The molecule has 128 valence electrons. The van der Waals surface area contributed by atoms with Crippen molar-refractivity contribution < 1.29 is 19.1 Å². The number of ether oxygens (including phenoxy) is 2. The number of nitrogens with one attached hydrogen (secondary N) is 1. The van der Waals surface area contributed by atoms with E-state index in [9.17, 15) is 9.90 Å². The Morgan fingerprint density at radius 3 is 2.87 bits per heavy atom. The first-order chi connectivity index (χ1) is 11.0. The first kappa shape index (κ1) is 17.8. The van der Waals surface area contributed by atoms with Gasteiger partial charge in [-0.05, 0) is 6.92 Å². The van der Waals surface area contributed by atoms with Crippen molar-refractivity contribution in [1.29, 1.82) is 0 Å². The van der Waals surface area contributed by atoms with E-state index < -0.39 is 24.0 Å². The van der Waals surface area contributed by atoms with Gasteiger partial charge in [-0.15, -0.1) is 0 Å². The molecule has 0 saturated heterocycles. The highest BCUT2D eigenvalue weighted by Crippen LogP contribution is 2.19. The number of nitrogens with two attached hydrogens (primary N) is 1. The van der Waals surface area contributed by atoms with E-state index in [1.54, 1.807) is 11.5 Å². The van der Waals surface area contributed by atoms with Crippen molar-refractivity contribution in [3.05, 3.63) is 16.7 Å². The van der Waals surface area contributed by atoms with E-state index in [1.165, 1.54) is 13.4 Å². The molecule has 11 heteroatoms. The highest BCUT2D eigenvalue weighted by molar-refractivity contribution is 7.09. The maximum atomic E-state index is 11.8. The van der Waals surface area contributed by atoms with Gasteiger partial charge in [0.2, 0.25) is 5.95 Å². The molecule has 0 amide bonds. The standard InChI is InChI=1S/C12H20N5O5P/c1-6(21-7(3-18)8(22-23)4-20-2)17-5-14-9-10(17)15-12(13)16-11(9)19/h5-8,18H,3-4,23H2,1-2H3,(H3,13,15,16,19). The molecule has 0 bridgehead atoms. The third kappa shape index (κ3) is 3.85. The van der Waals surface area contributed by atoms with Gasteiger partial charge in [-0.1, -0.05) is 0 Å². The Balaban J connectivity index is 2.26. The molecule has 2 heterocycles. The van der Waals surface area contributed by atoms with Crippen LogP contribution in [0.1, 0.15) is 13.2 Å². The van der Waals surface area contributed by atoms with E-state index in [0.29, 0.717) is 5.65 Å². The van der Waals surface area contributed by atoms with Crippen LogP contribution < -0.4 is 11.3 Å². The number of nitrogen functional groups attached to an aromatic ring is 1. The van der Waals surface area contributed by atoms with Crippen LogP contribution in [0.3, 0.4) is 0 Å². The van der Waals surface area contributed by atoms with Crippen LogP contribution in [0.15, 0.2) is 11.1 Å². The molecule has 0 radical (unpaired) electrons. The largest absolute Gasteiger partial charge is 0.394 e. The summed E-state index contributed by atoms with van der Waals surface area (Å²) in [6, 6.07) is 0. The van der Waals surface area contributed by atoms with Gasteiger partial charge in [0.25, 0.3) is 5.56 Å². The van der Waals surface area contributed by atoms with E-state index in [0.717, 1.165) is 0 Å². The van der Waals surface area contributed by atoms with E-state index in [2.05, 4.69) is 24.4 Å². The Labute approximate surface area is 134 Å². The van der Waals surface area contributed by atoms with Gasteiger partial charge in [0, 0.05) is 16.6 Å². The maximum Gasteiger partial charge on any atom is 0.280 e. The molecule has 0 fully saturated rings. The number of aliphatic hydroxyl groups excluding tert-OH is 1. The first-order valence-electron chi connectivity index (χ1n) is 6.84. The van der Waals surface area contributed by atoms with Crippen molar-refractivity contribution in [2.45, 2.75) is 25.4 Å². The smallest absolute Gasteiger partial charge is 0.280 e. The molecular formula is C12H20N5O5P. The van der Waals surface area contributed by atoms with Gasteiger partial charge in [-0.25, -0.2) is 4.98 Å². The molecule has 23 heavy (non-hydrogen) atoms. The third-order valence-electron chi connectivity index (χ3n) is 3.31. The number of aromatic nitrogens is 4. The van der Waals surface area contributed by atoms with Crippen molar-refractivity contribution in [1.82, 2.24) is 19.5 Å². The predicted octanol–water partition coefficient (Wildman–Crippen LogP) is -0.581. The van der Waals surface area contributed by atoms with Crippen molar-refractivity contribution >= 4 is 26.6 Å². The van der Waals surface area contributed by atoms with Gasteiger partial charge in [0.15, 0.2) is 11.2 Å². The number of nitrogens with zero attached hydrogens (tertiary/aromatic N) is 3. The predicted molar refractivity (Wildman–Crippen MR) is 85.7 cm³/mol. The summed E-state index contributed by atoms with van der Waals surface area (Å²) < 4.78 is 17.6. The lowest BCUT2D eigenvalue weighted by atomic mass is 10.2. The molecule has 4 atom stereocenters. The fourth-order valence-corrected chi connectivity index (χ4v) is 2.43. The second-order valence-electron chi connectivity index (χ2n) is 4.86. The van der Waals surface area contributed by atoms with E-state index >= 15 is 0 Å². The number of aliphatic hydroxyl groups is 1. The molecule has 0 aromatic carbocycles. The topological polar surface area (TPSA) is 138 Å². The highest BCUT2D eigenvalue weighted by Gasteiger charge is 2.25. The monoisotopic (exact) mass is 345 g/mol. The fourth-order valence-electron chi connectivity index (χ4n) is 2.17. The van der Waals surface area contributed by atoms with E-state index in [1.807, 2.05) is 0 Å². The van der Waals surface area contributed by atoms with Crippen LogP contribution in [0.25, 0.3) is 11.2 Å². The average molecular weight is 345 g/mol. The summed E-state index contributed by atoms with van der Waals surface area (Å²) in [4.78, 5) is 22.2. The highest BCUT2D eigenvalue weighted by atomic mass is 31.0. The second kappa shape index (κ2) is 7.80. The Bertz CT molecular complexity index is 705. The van der Waals surface area contributed by atoms with Gasteiger partial charge in [0.1, 0.15) is 18.4 Å². The van der Waals surface area contributed by atoms with Crippen molar-refractivity contribution in [3.63, 3.8) is 0 Å². The quantitative estimate of drug-likeness (QED) is 0.540. The fraction of sp³-hybridized carbons (Fsp3) is 0.583. The molecule has 2 aromatic heterocycles. The summed E-state index contributed by atoms with van der Waals surface area (Å²) in [7, 11) is 3.65. The summed E-state index contributed by atoms with van der Waals surface area (Å²) >= 11 is 0. The SMILES string of the molecule is COCC(OP)C(CO)OC(C)n1cnc2c(=O)[nH]c(N)nc21. The number of aromatic amines is 1. The minimum absolute atomic E-state index is 0.0132. The number of methoxy groups -OCH3 is 1. The molecule has 0 saturated carbocycles. The average Bonchev–Trinajstić information content (AvgIpc) is 2.94. The number of fused-ring (bicyclic) bond motifs is 1. The Morgan fingerprint density at radius 2 is 2.26 bits per heavy atom. The minimum atomic E-state index is -0.640. The van der Waals surface area contributed by atoms with Crippen LogP contribution in [0.4, 0.5) is 5.95 Å². The number of imidazole rings is 1. The van der Waals surface area contributed by atoms with Crippen molar-refractivity contribution in [2.75, 3.05) is 26.1 Å². The zero-order valence-corrected chi connectivity index (χ0v) is 14.0. The number of hydrogen-bond acceptors (Lipinski definition) is 8. The number of anilines is 1. The number of hydrogen-bond donors (Lipinski definition) is 3. The van der Waals surface area contributed by atoms with E-state index in [4.69, 9.17) is 19.7 Å². The Morgan fingerprint density at radius 1 is 1.52 bits per heavy atom. The van der Waals surface area contributed by atoms with Gasteiger partial charge < -0.3 is 24.8 Å². The first-order valence-corrected chi connectivity index (χ1v) is 7.32. The van der Waals surface area contributed by atoms with Crippen molar-refractivity contribution in [2.24, 2.45) is 0 Å². The summed E-state index contributed by atoms with van der Waals surface area (Å²) in [5, 5.41) is 9.52. The molecule has 10 nitrogen and oxygen atoms in total. The summed E-state index contributed by atoms with van der Waals surface area (Å²) in [6.45, 7) is 1.71.